The summed E-state index contributed by atoms with van der Waals surface area (Å²) >= 11 is 0. The summed E-state index contributed by atoms with van der Waals surface area (Å²) in [4.78, 5) is 27.4. The van der Waals surface area contributed by atoms with Gasteiger partial charge in [-0.2, -0.15) is 0 Å². The highest BCUT2D eigenvalue weighted by molar-refractivity contribution is 5.99. The number of rotatable bonds is 5. The molecule has 0 aromatic heterocycles. The smallest absolute Gasteiger partial charge is 0.325 e. The first-order chi connectivity index (χ1) is 11.5. The Labute approximate surface area is 138 Å². The number of hydrogen-bond donors (Lipinski definition) is 5. The van der Waals surface area contributed by atoms with Gasteiger partial charge in [0.1, 0.15) is 12.3 Å². The van der Waals surface area contributed by atoms with E-state index in [0.29, 0.717) is 18.2 Å². The number of anilines is 1. The minimum absolute atomic E-state index is 0.113. The minimum atomic E-state index is -0.538. The number of carbonyl (C=O) groups is 2. The predicted octanol–water partition coefficient (Wildman–Crippen LogP) is -0.583. The van der Waals surface area contributed by atoms with E-state index >= 15 is 0 Å². The highest BCUT2D eigenvalue weighted by atomic mass is 16.5. The Kier molecular flexibility index (Phi) is 5.96. The maximum absolute atomic E-state index is 12.1. The van der Waals surface area contributed by atoms with E-state index in [1.165, 1.54) is 18.2 Å². The zero-order chi connectivity index (χ0) is 17.5. The van der Waals surface area contributed by atoms with Crippen LogP contribution >= 0.6 is 0 Å². The molecule has 130 valence electrons. The van der Waals surface area contributed by atoms with Crippen LogP contribution in [0.25, 0.3) is 0 Å². The SMILES string of the molecule is CCOC(=O)CNC(=O)c1cc(O)cc(NC2=NCC(O)CN2)c1. The molecular weight excluding hydrogens is 316 g/mol. The molecule has 1 amide bonds. The van der Waals surface area contributed by atoms with Crippen molar-refractivity contribution in [1.29, 1.82) is 0 Å². The fraction of sp³-hybridized carbons (Fsp3) is 0.400. The van der Waals surface area contributed by atoms with E-state index in [-0.39, 0.29) is 31.0 Å². The standard InChI is InChI=1S/C15H20N4O5/c1-2-24-13(22)8-16-14(23)9-3-10(5-11(20)4-9)19-15-17-6-12(21)7-18-15/h3-5,12,20-21H,2,6-8H2,1H3,(H,16,23)(H2,17,18,19). The molecule has 9 heteroatoms. The Bertz CT molecular complexity index is 647. The average molecular weight is 336 g/mol. The van der Waals surface area contributed by atoms with Crippen LogP contribution in [0.4, 0.5) is 5.69 Å². The number of phenolic OH excluding ortho intramolecular Hbond substituents is 1. The second-order valence-electron chi connectivity index (χ2n) is 5.11. The van der Waals surface area contributed by atoms with Gasteiger partial charge in [0.05, 0.1) is 19.3 Å². The lowest BCUT2D eigenvalue weighted by molar-refractivity contribution is -0.141. The molecule has 0 spiro atoms. The summed E-state index contributed by atoms with van der Waals surface area (Å²) in [7, 11) is 0. The number of esters is 1. The van der Waals surface area contributed by atoms with Crippen LogP contribution in [-0.4, -0.2) is 60.4 Å². The number of nitrogens with one attached hydrogen (secondary N) is 3. The molecular formula is C15H20N4O5. The number of ether oxygens (including phenoxy) is 1. The van der Waals surface area contributed by atoms with Gasteiger partial charge >= 0.3 is 5.97 Å². The number of β-amino-alcohol motifs (C(OH)–C–C–N with tert-alkyl or cyclic N) is 1. The second kappa shape index (κ2) is 8.16. The van der Waals surface area contributed by atoms with E-state index in [0.717, 1.165) is 0 Å². The fourth-order valence-corrected chi connectivity index (χ4v) is 2.03. The van der Waals surface area contributed by atoms with E-state index in [9.17, 15) is 19.8 Å². The molecule has 1 aliphatic rings. The third-order valence-corrected chi connectivity index (χ3v) is 3.11. The second-order valence-corrected chi connectivity index (χ2v) is 5.11. The zero-order valence-corrected chi connectivity index (χ0v) is 13.2. The zero-order valence-electron chi connectivity index (χ0n) is 13.2. The molecule has 0 saturated carbocycles. The lowest BCUT2D eigenvalue weighted by atomic mass is 10.1. The summed E-state index contributed by atoms with van der Waals surface area (Å²) in [5.41, 5.74) is 0.622. The van der Waals surface area contributed by atoms with Crippen LogP contribution in [0.3, 0.4) is 0 Å². The first-order valence-corrected chi connectivity index (χ1v) is 7.49. The van der Waals surface area contributed by atoms with E-state index in [1.807, 2.05) is 0 Å². The summed E-state index contributed by atoms with van der Waals surface area (Å²) < 4.78 is 4.72. The Morgan fingerprint density at radius 2 is 2.21 bits per heavy atom. The maximum atomic E-state index is 12.1. The molecule has 1 atom stereocenters. The number of hydrogen-bond acceptors (Lipinski definition) is 8. The summed E-state index contributed by atoms with van der Waals surface area (Å²) in [5, 5.41) is 27.4. The van der Waals surface area contributed by atoms with Crippen molar-refractivity contribution in [2.24, 2.45) is 4.99 Å². The predicted molar refractivity (Wildman–Crippen MR) is 87.0 cm³/mol. The third kappa shape index (κ3) is 5.13. The first kappa shape index (κ1) is 17.5. The van der Waals surface area contributed by atoms with Crippen molar-refractivity contribution in [2.75, 3.05) is 31.6 Å². The molecule has 0 radical (unpaired) electrons. The minimum Gasteiger partial charge on any atom is -0.508 e. The topological polar surface area (TPSA) is 132 Å². The molecule has 1 aromatic rings. The van der Waals surface area contributed by atoms with Gasteiger partial charge in [0.25, 0.3) is 5.91 Å². The van der Waals surface area contributed by atoms with Crippen molar-refractivity contribution in [2.45, 2.75) is 13.0 Å². The highest BCUT2D eigenvalue weighted by Crippen LogP contribution is 2.20. The first-order valence-electron chi connectivity index (χ1n) is 7.49. The molecule has 1 heterocycles. The summed E-state index contributed by atoms with van der Waals surface area (Å²) in [6.07, 6.45) is -0.538. The Hall–Kier alpha value is -2.81. The number of aromatic hydroxyl groups is 1. The van der Waals surface area contributed by atoms with Crippen LogP contribution in [0.2, 0.25) is 0 Å². The van der Waals surface area contributed by atoms with Crippen molar-refractivity contribution in [3.8, 4) is 5.75 Å². The van der Waals surface area contributed by atoms with E-state index < -0.39 is 18.0 Å². The molecule has 0 aliphatic carbocycles. The molecule has 9 nitrogen and oxygen atoms in total. The van der Waals surface area contributed by atoms with E-state index in [1.54, 1.807) is 6.92 Å². The molecule has 1 aromatic carbocycles. The van der Waals surface area contributed by atoms with Gasteiger partial charge in [0, 0.05) is 23.9 Å². The number of aliphatic imine (C=N–C) groups is 1. The van der Waals surface area contributed by atoms with Crippen LogP contribution in [0.1, 0.15) is 17.3 Å². The number of aliphatic hydroxyl groups is 1. The van der Waals surface area contributed by atoms with Gasteiger partial charge in [0.2, 0.25) is 0 Å². The number of phenols is 1. The third-order valence-electron chi connectivity index (χ3n) is 3.11. The van der Waals surface area contributed by atoms with Gasteiger partial charge in [-0.3, -0.25) is 14.6 Å². The van der Waals surface area contributed by atoms with Crippen molar-refractivity contribution in [3.63, 3.8) is 0 Å². The van der Waals surface area contributed by atoms with Gasteiger partial charge in [-0.1, -0.05) is 0 Å². The molecule has 0 bridgehead atoms. The molecule has 2 rings (SSSR count). The summed E-state index contributed by atoms with van der Waals surface area (Å²) in [5.74, 6) is -0.735. The largest absolute Gasteiger partial charge is 0.508 e. The van der Waals surface area contributed by atoms with E-state index in [4.69, 9.17) is 4.74 Å². The molecule has 5 N–H and O–H groups in total. The fourth-order valence-electron chi connectivity index (χ4n) is 2.03. The normalized spacial score (nSPS) is 16.6. The maximum Gasteiger partial charge on any atom is 0.325 e. The monoisotopic (exact) mass is 336 g/mol. The lowest BCUT2D eigenvalue weighted by Crippen LogP contribution is -2.42. The van der Waals surface area contributed by atoms with Crippen LogP contribution in [0, 0.1) is 0 Å². The number of benzene rings is 1. The Balaban J connectivity index is 2.02. The van der Waals surface area contributed by atoms with Crippen LogP contribution in [0.15, 0.2) is 23.2 Å². The number of aliphatic hydroxyl groups excluding tert-OH is 1. The van der Waals surface area contributed by atoms with Crippen LogP contribution in [-0.2, 0) is 9.53 Å². The summed E-state index contributed by atoms with van der Waals surface area (Å²) in [6.45, 7) is 2.28. The van der Waals surface area contributed by atoms with E-state index in [2.05, 4.69) is 20.9 Å². The molecule has 0 saturated heterocycles. The number of nitrogens with zero attached hydrogens (tertiary/aromatic N) is 1. The van der Waals surface area contributed by atoms with Gasteiger partial charge < -0.3 is 30.9 Å². The number of guanidine groups is 1. The molecule has 1 aliphatic heterocycles. The van der Waals surface area contributed by atoms with Gasteiger partial charge in [0.15, 0.2) is 5.96 Å². The highest BCUT2D eigenvalue weighted by Gasteiger charge is 2.14. The Morgan fingerprint density at radius 3 is 2.88 bits per heavy atom. The lowest BCUT2D eigenvalue weighted by Gasteiger charge is -2.20. The summed E-state index contributed by atoms with van der Waals surface area (Å²) in [6, 6.07) is 4.22. The number of carbonyl (C=O) groups excluding carboxylic acids is 2. The van der Waals surface area contributed by atoms with Crippen molar-refractivity contribution >= 4 is 23.5 Å². The number of amides is 1. The van der Waals surface area contributed by atoms with Crippen molar-refractivity contribution in [1.82, 2.24) is 10.6 Å². The van der Waals surface area contributed by atoms with Gasteiger partial charge in [-0.25, -0.2) is 0 Å². The van der Waals surface area contributed by atoms with Gasteiger partial charge in [-0.15, -0.1) is 0 Å². The van der Waals surface area contributed by atoms with Crippen molar-refractivity contribution in [3.05, 3.63) is 23.8 Å². The van der Waals surface area contributed by atoms with Crippen molar-refractivity contribution < 1.29 is 24.5 Å². The average Bonchev–Trinajstić information content (AvgIpc) is 2.54. The van der Waals surface area contributed by atoms with Crippen LogP contribution < -0.4 is 16.0 Å². The quantitative estimate of drug-likeness (QED) is 0.454. The van der Waals surface area contributed by atoms with Crippen LogP contribution in [0.5, 0.6) is 5.75 Å². The molecule has 24 heavy (non-hydrogen) atoms. The molecule has 1 unspecified atom stereocenters. The van der Waals surface area contributed by atoms with Gasteiger partial charge in [-0.05, 0) is 19.1 Å². The molecule has 0 fully saturated rings. The Morgan fingerprint density at radius 1 is 1.42 bits per heavy atom.